The molecule has 1 aliphatic carbocycles. The summed E-state index contributed by atoms with van der Waals surface area (Å²) in [6.07, 6.45) is 3.59. The normalized spacial score (nSPS) is 21.3. The van der Waals surface area contributed by atoms with Gasteiger partial charge in [-0.25, -0.2) is 9.18 Å². The van der Waals surface area contributed by atoms with Crippen LogP contribution in [0.5, 0.6) is 11.5 Å². The van der Waals surface area contributed by atoms with Gasteiger partial charge in [0.15, 0.2) is 17.3 Å². The van der Waals surface area contributed by atoms with E-state index in [0.29, 0.717) is 23.6 Å². The number of aromatic nitrogens is 1. The number of carbonyl (C=O) groups is 1. The predicted molar refractivity (Wildman–Crippen MR) is 91.0 cm³/mol. The fourth-order valence-electron chi connectivity index (χ4n) is 4.11. The van der Waals surface area contributed by atoms with Gasteiger partial charge in [0.2, 0.25) is 5.43 Å². The van der Waals surface area contributed by atoms with E-state index < -0.39 is 17.4 Å². The molecule has 1 aromatic heterocycles. The number of halogens is 1. The van der Waals surface area contributed by atoms with E-state index in [1.165, 1.54) is 12.3 Å². The molecule has 7 nitrogen and oxygen atoms in total. The second-order valence-electron chi connectivity index (χ2n) is 7.06. The Morgan fingerprint density at radius 2 is 2.12 bits per heavy atom. The quantitative estimate of drug-likeness (QED) is 0.830. The van der Waals surface area contributed by atoms with E-state index in [2.05, 4.69) is 4.74 Å². The number of pyridine rings is 1. The summed E-state index contributed by atoms with van der Waals surface area (Å²) >= 11 is 0. The Morgan fingerprint density at radius 1 is 1.31 bits per heavy atom. The Hall–Kier alpha value is -2.77. The zero-order valence-electron chi connectivity index (χ0n) is 13.9. The Labute approximate surface area is 147 Å². The summed E-state index contributed by atoms with van der Waals surface area (Å²) in [5.41, 5.74) is 0.289. The highest BCUT2D eigenvalue weighted by atomic mass is 19.1. The third kappa shape index (κ3) is 2.17. The Balaban J connectivity index is 1.82. The first-order valence-corrected chi connectivity index (χ1v) is 8.76. The Morgan fingerprint density at radius 3 is 2.85 bits per heavy atom. The van der Waals surface area contributed by atoms with Gasteiger partial charge in [-0.05, 0) is 31.7 Å². The van der Waals surface area contributed by atoms with Crippen LogP contribution in [0, 0.1) is 5.82 Å². The van der Waals surface area contributed by atoms with E-state index in [1.807, 2.05) is 9.47 Å². The molecule has 136 valence electrons. The minimum absolute atomic E-state index is 0.0875. The highest BCUT2D eigenvalue weighted by molar-refractivity contribution is 5.93. The molecule has 0 radical (unpaired) electrons. The van der Waals surface area contributed by atoms with Crippen LogP contribution in [0.1, 0.15) is 31.7 Å². The van der Waals surface area contributed by atoms with Gasteiger partial charge < -0.3 is 24.0 Å². The minimum Gasteiger partial charge on any atom is -0.487 e. The maximum atomic E-state index is 14.9. The van der Waals surface area contributed by atoms with Gasteiger partial charge in [-0.3, -0.25) is 4.79 Å². The second-order valence-corrected chi connectivity index (χ2v) is 7.06. The number of ether oxygens (including phenoxy) is 2. The van der Waals surface area contributed by atoms with Gasteiger partial charge in [0, 0.05) is 12.6 Å². The molecule has 26 heavy (non-hydrogen) atoms. The number of hydrogen-bond acceptors (Lipinski definition) is 5. The molecule has 1 atom stereocenters. The summed E-state index contributed by atoms with van der Waals surface area (Å²) in [4.78, 5) is 25.6. The van der Waals surface area contributed by atoms with Gasteiger partial charge in [-0.1, -0.05) is 0 Å². The average Bonchev–Trinajstić information content (AvgIpc) is 3.33. The molecule has 2 fully saturated rings. The smallest absolute Gasteiger partial charge is 0.487 e. The van der Waals surface area contributed by atoms with Crippen molar-refractivity contribution in [3.63, 3.8) is 0 Å². The monoisotopic (exact) mass is 360 g/mol. The molecule has 1 N–H and O–H groups in total. The number of nitrogens with zero attached hydrogens (tertiary/aromatic N) is 2. The molecule has 0 bridgehead atoms. The SMILES string of the molecule is O=C(O)Oc1cn(C2CC2)c2c3c(c(F)cc2c1=O)N1CCC[C@H]1CO3. The van der Waals surface area contributed by atoms with Crippen LogP contribution in [0.15, 0.2) is 17.1 Å². The molecule has 8 heteroatoms. The van der Waals surface area contributed by atoms with E-state index in [4.69, 9.17) is 9.84 Å². The highest BCUT2D eigenvalue weighted by Crippen LogP contribution is 2.47. The molecular formula is C18H17FN2O5. The van der Waals surface area contributed by atoms with E-state index >= 15 is 0 Å². The molecule has 1 saturated heterocycles. The van der Waals surface area contributed by atoms with Crippen molar-refractivity contribution in [1.82, 2.24) is 4.57 Å². The predicted octanol–water partition coefficient (Wildman–Crippen LogP) is 2.89. The lowest BCUT2D eigenvalue weighted by atomic mass is 10.1. The average molecular weight is 360 g/mol. The molecule has 0 spiro atoms. The topological polar surface area (TPSA) is 81.0 Å². The zero-order chi connectivity index (χ0) is 18.0. The van der Waals surface area contributed by atoms with Crippen molar-refractivity contribution < 1.29 is 23.8 Å². The first-order valence-electron chi connectivity index (χ1n) is 8.76. The lowest BCUT2D eigenvalue weighted by Crippen LogP contribution is -2.39. The zero-order valence-corrected chi connectivity index (χ0v) is 13.9. The fraction of sp³-hybridized carbons (Fsp3) is 0.444. The fourth-order valence-corrected chi connectivity index (χ4v) is 4.11. The van der Waals surface area contributed by atoms with E-state index in [1.54, 1.807) is 0 Å². The van der Waals surface area contributed by atoms with Gasteiger partial charge in [0.05, 0.1) is 23.1 Å². The van der Waals surface area contributed by atoms with Crippen LogP contribution in [-0.4, -0.2) is 35.0 Å². The number of fused-ring (bicyclic) bond motifs is 5. The van der Waals surface area contributed by atoms with Gasteiger partial charge >= 0.3 is 6.16 Å². The molecule has 3 aliphatic rings. The number of carboxylic acid groups (broad SMARTS) is 1. The van der Waals surface area contributed by atoms with Crippen molar-refractivity contribution in [3.8, 4) is 11.5 Å². The van der Waals surface area contributed by atoms with Gasteiger partial charge in [-0.2, -0.15) is 0 Å². The first-order chi connectivity index (χ1) is 12.5. The molecule has 2 aliphatic heterocycles. The Kier molecular flexibility index (Phi) is 3.19. The molecule has 1 saturated carbocycles. The lowest BCUT2D eigenvalue weighted by molar-refractivity contribution is 0.143. The molecule has 0 amide bonds. The largest absolute Gasteiger partial charge is 0.511 e. The maximum Gasteiger partial charge on any atom is 0.511 e. The molecule has 3 heterocycles. The maximum absolute atomic E-state index is 14.9. The van der Waals surface area contributed by atoms with Crippen molar-refractivity contribution in [1.29, 1.82) is 0 Å². The molecule has 2 aromatic rings. The summed E-state index contributed by atoms with van der Waals surface area (Å²) in [5, 5.41) is 8.97. The molecule has 5 rings (SSSR count). The number of anilines is 1. The molecule has 1 aromatic carbocycles. The Bertz CT molecular complexity index is 997. The van der Waals surface area contributed by atoms with Crippen LogP contribution in [0.2, 0.25) is 0 Å². The standard InChI is InChI=1S/C18H17FN2O5/c19-12-6-11-14(17-15(12)20-5-1-2-10(20)8-25-17)21(9-3-4-9)7-13(16(11)22)26-18(23)24/h6-7,9-10H,1-5,8H2,(H,23,24)/t10-/m0/s1. The summed E-state index contributed by atoms with van der Waals surface area (Å²) < 4.78 is 27.3. The van der Waals surface area contributed by atoms with Crippen molar-refractivity contribution in [3.05, 3.63) is 28.3 Å². The van der Waals surface area contributed by atoms with Gasteiger partial charge in [0.25, 0.3) is 0 Å². The third-order valence-corrected chi connectivity index (χ3v) is 5.39. The van der Waals surface area contributed by atoms with Crippen molar-refractivity contribution in [2.45, 2.75) is 37.8 Å². The lowest BCUT2D eigenvalue weighted by Gasteiger charge is -2.34. The van der Waals surface area contributed by atoms with Crippen molar-refractivity contribution in [2.24, 2.45) is 0 Å². The third-order valence-electron chi connectivity index (χ3n) is 5.39. The van der Waals surface area contributed by atoms with Crippen LogP contribution in [0.25, 0.3) is 10.9 Å². The first kappa shape index (κ1) is 15.5. The van der Waals surface area contributed by atoms with Crippen LogP contribution < -0.4 is 19.8 Å². The van der Waals surface area contributed by atoms with E-state index in [0.717, 1.165) is 32.2 Å². The number of benzene rings is 1. The summed E-state index contributed by atoms with van der Waals surface area (Å²) in [6, 6.07) is 1.47. The minimum atomic E-state index is -1.57. The van der Waals surface area contributed by atoms with Crippen LogP contribution in [0.4, 0.5) is 14.9 Å². The van der Waals surface area contributed by atoms with Crippen molar-refractivity contribution in [2.75, 3.05) is 18.1 Å². The van der Waals surface area contributed by atoms with Crippen molar-refractivity contribution >= 4 is 22.7 Å². The van der Waals surface area contributed by atoms with Crippen LogP contribution >= 0.6 is 0 Å². The van der Waals surface area contributed by atoms with E-state index in [9.17, 15) is 14.0 Å². The van der Waals surface area contributed by atoms with E-state index in [-0.39, 0.29) is 23.2 Å². The van der Waals surface area contributed by atoms with Gasteiger partial charge in [0.1, 0.15) is 12.3 Å². The summed E-state index contributed by atoms with van der Waals surface area (Å²) in [5.74, 6) is -0.457. The summed E-state index contributed by atoms with van der Waals surface area (Å²) in [7, 11) is 0. The van der Waals surface area contributed by atoms with Crippen LogP contribution in [0.3, 0.4) is 0 Å². The van der Waals surface area contributed by atoms with Gasteiger partial charge in [-0.15, -0.1) is 0 Å². The van der Waals surface area contributed by atoms with Crippen LogP contribution in [-0.2, 0) is 0 Å². The number of rotatable bonds is 2. The molecular weight excluding hydrogens is 343 g/mol. The molecule has 0 unspecified atom stereocenters. The number of hydrogen-bond donors (Lipinski definition) is 1. The summed E-state index contributed by atoms with van der Waals surface area (Å²) in [6.45, 7) is 1.22. The highest BCUT2D eigenvalue weighted by Gasteiger charge is 2.37. The second kappa shape index (κ2) is 5.36.